The summed E-state index contributed by atoms with van der Waals surface area (Å²) in [5, 5.41) is 3.54. The van der Waals surface area contributed by atoms with Crippen molar-refractivity contribution in [3.63, 3.8) is 0 Å². The van der Waals surface area contributed by atoms with Crippen molar-refractivity contribution < 1.29 is 9.47 Å². The van der Waals surface area contributed by atoms with Crippen LogP contribution in [0.2, 0.25) is 0 Å². The van der Waals surface area contributed by atoms with Gasteiger partial charge >= 0.3 is 0 Å². The molecule has 0 bridgehead atoms. The Balaban J connectivity index is 2.18. The zero-order valence-electron chi connectivity index (χ0n) is 12.1. The Morgan fingerprint density at radius 1 is 1.29 bits per heavy atom. The summed E-state index contributed by atoms with van der Waals surface area (Å²) in [5.74, 6) is 0.562. The van der Waals surface area contributed by atoms with Crippen LogP contribution in [0.15, 0.2) is 0 Å². The number of hydrogen-bond acceptors (Lipinski definition) is 3. The molecule has 0 saturated heterocycles. The van der Waals surface area contributed by atoms with E-state index in [0.717, 1.165) is 25.6 Å². The molecule has 17 heavy (non-hydrogen) atoms. The summed E-state index contributed by atoms with van der Waals surface area (Å²) < 4.78 is 11.4. The molecule has 0 spiro atoms. The molecule has 3 heteroatoms. The third-order valence-electron chi connectivity index (χ3n) is 3.52. The van der Waals surface area contributed by atoms with Gasteiger partial charge in [-0.3, -0.25) is 0 Å². The molecule has 1 aliphatic carbocycles. The molecule has 1 rings (SSSR count). The number of rotatable bonds is 9. The smallest absolute Gasteiger partial charge is 0.0722 e. The first-order valence-electron chi connectivity index (χ1n) is 6.85. The summed E-state index contributed by atoms with van der Waals surface area (Å²) in [5.41, 5.74) is -0.0779. The van der Waals surface area contributed by atoms with Crippen LogP contribution in [0.1, 0.15) is 47.0 Å². The Hall–Kier alpha value is -0.120. The third-order valence-corrected chi connectivity index (χ3v) is 3.52. The molecule has 1 atom stereocenters. The Morgan fingerprint density at radius 3 is 2.41 bits per heavy atom. The zero-order valence-corrected chi connectivity index (χ0v) is 12.1. The fraction of sp³-hybridized carbons (Fsp3) is 1.00. The minimum atomic E-state index is -0.0779. The highest BCUT2D eigenvalue weighted by Crippen LogP contribution is 2.20. The SMILES string of the molecule is COC(C)(C)CCOC(CNC1CC1)C(C)C. The van der Waals surface area contributed by atoms with Gasteiger partial charge in [0.1, 0.15) is 0 Å². The lowest BCUT2D eigenvalue weighted by Gasteiger charge is -2.26. The Kier molecular flexibility index (Phi) is 5.90. The second kappa shape index (κ2) is 6.72. The lowest BCUT2D eigenvalue weighted by molar-refractivity contribution is -0.0364. The van der Waals surface area contributed by atoms with Gasteiger partial charge in [-0.05, 0) is 39.0 Å². The quantitative estimate of drug-likeness (QED) is 0.675. The number of ether oxygens (including phenoxy) is 2. The molecule has 1 N–H and O–H groups in total. The van der Waals surface area contributed by atoms with Gasteiger partial charge in [0.15, 0.2) is 0 Å². The van der Waals surface area contributed by atoms with Crippen LogP contribution in [-0.4, -0.2) is 38.0 Å². The van der Waals surface area contributed by atoms with Crippen molar-refractivity contribution in [2.75, 3.05) is 20.3 Å². The molecule has 0 aliphatic heterocycles. The maximum atomic E-state index is 5.98. The summed E-state index contributed by atoms with van der Waals surface area (Å²) >= 11 is 0. The van der Waals surface area contributed by atoms with Crippen LogP contribution in [0.25, 0.3) is 0 Å². The van der Waals surface area contributed by atoms with Gasteiger partial charge in [-0.15, -0.1) is 0 Å². The molecule has 0 aromatic carbocycles. The van der Waals surface area contributed by atoms with Gasteiger partial charge in [-0.25, -0.2) is 0 Å². The first-order chi connectivity index (χ1) is 7.94. The van der Waals surface area contributed by atoms with Gasteiger partial charge in [0.25, 0.3) is 0 Å². The molecular weight excluding hydrogens is 214 g/mol. The second-order valence-corrected chi connectivity index (χ2v) is 6.05. The average Bonchev–Trinajstić information content (AvgIpc) is 3.06. The molecule has 102 valence electrons. The predicted molar refractivity (Wildman–Crippen MR) is 71.3 cm³/mol. The molecule has 1 aliphatic rings. The van der Waals surface area contributed by atoms with Crippen molar-refractivity contribution in [3.05, 3.63) is 0 Å². The lowest BCUT2D eigenvalue weighted by atomic mass is 10.1. The lowest BCUT2D eigenvalue weighted by Crippen LogP contribution is -2.35. The van der Waals surface area contributed by atoms with Crippen LogP contribution in [0, 0.1) is 5.92 Å². The Bertz CT molecular complexity index is 212. The highest BCUT2D eigenvalue weighted by atomic mass is 16.5. The normalized spacial score (nSPS) is 18.7. The largest absolute Gasteiger partial charge is 0.379 e. The van der Waals surface area contributed by atoms with Crippen LogP contribution in [0.4, 0.5) is 0 Å². The highest BCUT2D eigenvalue weighted by molar-refractivity contribution is 4.82. The zero-order chi connectivity index (χ0) is 12.9. The molecule has 3 nitrogen and oxygen atoms in total. The number of nitrogens with one attached hydrogen (secondary N) is 1. The topological polar surface area (TPSA) is 30.5 Å². The summed E-state index contributed by atoms with van der Waals surface area (Å²) in [4.78, 5) is 0. The number of methoxy groups -OCH3 is 1. The molecule has 1 unspecified atom stereocenters. The van der Waals surface area contributed by atoms with Crippen LogP contribution < -0.4 is 5.32 Å². The Labute approximate surface area is 106 Å². The van der Waals surface area contributed by atoms with Crippen molar-refractivity contribution >= 4 is 0 Å². The highest BCUT2D eigenvalue weighted by Gasteiger charge is 2.24. The average molecular weight is 243 g/mol. The summed E-state index contributed by atoms with van der Waals surface area (Å²) in [6.07, 6.45) is 3.93. The van der Waals surface area contributed by atoms with E-state index in [2.05, 4.69) is 33.0 Å². The van der Waals surface area contributed by atoms with E-state index in [1.807, 2.05) is 0 Å². The molecule has 1 fully saturated rings. The van der Waals surface area contributed by atoms with Crippen LogP contribution in [0.3, 0.4) is 0 Å². The van der Waals surface area contributed by atoms with Gasteiger partial charge in [-0.2, -0.15) is 0 Å². The summed E-state index contributed by atoms with van der Waals surface area (Å²) in [6.45, 7) is 10.4. The van der Waals surface area contributed by atoms with Crippen molar-refractivity contribution in [1.82, 2.24) is 5.32 Å². The monoisotopic (exact) mass is 243 g/mol. The third kappa shape index (κ3) is 6.39. The van der Waals surface area contributed by atoms with E-state index in [0.29, 0.717) is 12.0 Å². The van der Waals surface area contributed by atoms with Crippen LogP contribution >= 0.6 is 0 Å². The van der Waals surface area contributed by atoms with E-state index in [4.69, 9.17) is 9.47 Å². The standard InChI is InChI=1S/C14H29NO2/c1-11(2)13(10-15-12-6-7-12)17-9-8-14(3,4)16-5/h11-13,15H,6-10H2,1-5H3. The molecule has 1 saturated carbocycles. The maximum absolute atomic E-state index is 5.98. The van der Waals surface area contributed by atoms with Crippen molar-refractivity contribution in [3.8, 4) is 0 Å². The molecule has 0 radical (unpaired) electrons. The van der Waals surface area contributed by atoms with Crippen LogP contribution in [-0.2, 0) is 9.47 Å². The fourth-order valence-electron chi connectivity index (χ4n) is 1.62. The van der Waals surface area contributed by atoms with Gasteiger partial charge in [0, 0.05) is 26.3 Å². The first-order valence-corrected chi connectivity index (χ1v) is 6.85. The van der Waals surface area contributed by atoms with Crippen molar-refractivity contribution in [2.24, 2.45) is 5.92 Å². The van der Waals surface area contributed by atoms with Crippen LogP contribution in [0.5, 0.6) is 0 Å². The van der Waals surface area contributed by atoms with E-state index in [-0.39, 0.29) is 5.60 Å². The fourth-order valence-corrected chi connectivity index (χ4v) is 1.62. The van der Waals surface area contributed by atoms with Gasteiger partial charge < -0.3 is 14.8 Å². The first kappa shape index (κ1) is 14.9. The molecule has 0 amide bonds. The van der Waals surface area contributed by atoms with Crippen molar-refractivity contribution in [1.29, 1.82) is 0 Å². The molecular formula is C14H29NO2. The number of hydrogen-bond donors (Lipinski definition) is 1. The summed E-state index contributed by atoms with van der Waals surface area (Å²) in [6, 6.07) is 0.760. The van der Waals surface area contributed by atoms with E-state index in [1.54, 1.807) is 7.11 Å². The van der Waals surface area contributed by atoms with Gasteiger partial charge in [-0.1, -0.05) is 13.8 Å². The van der Waals surface area contributed by atoms with E-state index < -0.39 is 0 Å². The molecule has 0 aromatic rings. The van der Waals surface area contributed by atoms with Gasteiger partial charge in [0.2, 0.25) is 0 Å². The minimum absolute atomic E-state index is 0.0779. The maximum Gasteiger partial charge on any atom is 0.0722 e. The van der Waals surface area contributed by atoms with E-state index in [9.17, 15) is 0 Å². The summed E-state index contributed by atoms with van der Waals surface area (Å²) in [7, 11) is 1.76. The van der Waals surface area contributed by atoms with Gasteiger partial charge in [0.05, 0.1) is 11.7 Å². The van der Waals surface area contributed by atoms with E-state index in [1.165, 1.54) is 12.8 Å². The second-order valence-electron chi connectivity index (χ2n) is 6.05. The predicted octanol–water partition coefficient (Wildman–Crippen LogP) is 2.59. The van der Waals surface area contributed by atoms with Crippen molar-refractivity contribution in [2.45, 2.75) is 64.7 Å². The Morgan fingerprint density at radius 2 is 1.94 bits per heavy atom. The molecule has 0 heterocycles. The molecule has 0 aromatic heterocycles. The van der Waals surface area contributed by atoms with E-state index >= 15 is 0 Å². The minimum Gasteiger partial charge on any atom is -0.379 e.